The molecule has 6 nitrogen and oxygen atoms in total. The summed E-state index contributed by atoms with van der Waals surface area (Å²) in [6, 6.07) is 3.85. The number of rotatable bonds is 2. The van der Waals surface area contributed by atoms with E-state index < -0.39 is 0 Å². The normalized spacial score (nSPS) is 15.5. The van der Waals surface area contributed by atoms with Gasteiger partial charge in [0.05, 0.1) is 5.69 Å². The third kappa shape index (κ3) is 1.97. The Balaban J connectivity index is 1.70. The van der Waals surface area contributed by atoms with Gasteiger partial charge in [0.15, 0.2) is 0 Å². The first-order valence-corrected chi connectivity index (χ1v) is 5.85. The molecule has 1 saturated heterocycles. The van der Waals surface area contributed by atoms with Crippen LogP contribution in [0.3, 0.4) is 0 Å². The molecule has 92 valence electrons. The van der Waals surface area contributed by atoms with Gasteiger partial charge in [-0.15, -0.1) is 0 Å². The molecule has 0 bridgehead atoms. The van der Waals surface area contributed by atoms with Gasteiger partial charge in [-0.3, -0.25) is 0 Å². The van der Waals surface area contributed by atoms with Gasteiger partial charge in [0.25, 0.3) is 0 Å². The predicted octanol–water partition coefficient (Wildman–Crippen LogP) is 0.761. The fraction of sp³-hybridized carbons (Fsp3) is 0.333. The number of hydrogen-bond donors (Lipinski definition) is 1. The smallest absolute Gasteiger partial charge is 0.220 e. The summed E-state index contributed by atoms with van der Waals surface area (Å²) < 4.78 is 0. The van der Waals surface area contributed by atoms with Crippen molar-refractivity contribution in [1.82, 2.24) is 19.9 Å². The lowest BCUT2D eigenvalue weighted by Crippen LogP contribution is -2.46. The van der Waals surface area contributed by atoms with E-state index in [1.165, 1.54) is 0 Å². The van der Waals surface area contributed by atoms with Crippen LogP contribution in [-0.2, 0) is 0 Å². The van der Waals surface area contributed by atoms with Gasteiger partial charge < -0.3 is 10.6 Å². The summed E-state index contributed by atoms with van der Waals surface area (Å²) in [6.07, 6.45) is 3.49. The number of anilines is 2. The minimum absolute atomic E-state index is 0.337. The quantitative estimate of drug-likeness (QED) is 0.837. The molecule has 3 heterocycles. The zero-order chi connectivity index (χ0) is 12.5. The van der Waals surface area contributed by atoms with Gasteiger partial charge in [0.1, 0.15) is 11.6 Å². The molecule has 2 aromatic heterocycles. The standard InChI is InChI=1S/C12H14N6/c1-8-14-5-3-11(16-8)18-6-9(7-18)10-2-4-15-12(13)17-10/h2-5,9H,6-7H2,1H3,(H2,13,15,17). The van der Waals surface area contributed by atoms with Crippen LogP contribution in [0.15, 0.2) is 24.5 Å². The van der Waals surface area contributed by atoms with Crippen molar-refractivity contribution in [2.24, 2.45) is 0 Å². The molecule has 0 atom stereocenters. The first kappa shape index (κ1) is 10.9. The van der Waals surface area contributed by atoms with E-state index in [1.54, 1.807) is 12.4 Å². The van der Waals surface area contributed by atoms with E-state index in [0.717, 1.165) is 30.4 Å². The number of nitrogen functional groups attached to an aromatic ring is 1. The van der Waals surface area contributed by atoms with E-state index in [0.29, 0.717) is 11.9 Å². The molecule has 0 amide bonds. The van der Waals surface area contributed by atoms with Crippen molar-refractivity contribution in [2.45, 2.75) is 12.8 Å². The Morgan fingerprint density at radius 3 is 2.67 bits per heavy atom. The lowest BCUT2D eigenvalue weighted by Gasteiger charge is -2.39. The zero-order valence-electron chi connectivity index (χ0n) is 10.1. The monoisotopic (exact) mass is 242 g/mol. The van der Waals surface area contributed by atoms with Gasteiger partial charge in [-0.2, -0.15) is 0 Å². The average molecular weight is 242 g/mol. The number of nitrogens with zero attached hydrogens (tertiary/aromatic N) is 5. The fourth-order valence-corrected chi connectivity index (χ4v) is 2.09. The molecule has 1 fully saturated rings. The largest absolute Gasteiger partial charge is 0.368 e. The molecule has 2 aromatic rings. The van der Waals surface area contributed by atoms with Crippen molar-refractivity contribution in [3.05, 3.63) is 36.0 Å². The molecule has 18 heavy (non-hydrogen) atoms. The summed E-state index contributed by atoms with van der Waals surface area (Å²) in [5.41, 5.74) is 6.59. The highest BCUT2D eigenvalue weighted by molar-refractivity contribution is 5.43. The van der Waals surface area contributed by atoms with Crippen LogP contribution in [0.2, 0.25) is 0 Å². The second kappa shape index (κ2) is 4.21. The van der Waals surface area contributed by atoms with Gasteiger partial charge >= 0.3 is 0 Å². The summed E-state index contributed by atoms with van der Waals surface area (Å²) in [7, 11) is 0. The van der Waals surface area contributed by atoms with E-state index in [4.69, 9.17) is 5.73 Å². The Hall–Kier alpha value is -2.24. The van der Waals surface area contributed by atoms with Gasteiger partial charge in [-0.25, -0.2) is 19.9 Å². The Kier molecular flexibility index (Phi) is 2.55. The highest BCUT2D eigenvalue weighted by atomic mass is 15.2. The van der Waals surface area contributed by atoms with Gasteiger partial charge in [-0.05, 0) is 19.1 Å². The summed E-state index contributed by atoms with van der Waals surface area (Å²) in [5.74, 6) is 2.51. The highest BCUT2D eigenvalue weighted by Crippen LogP contribution is 2.29. The van der Waals surface area contributed by atoms with Crippen molar-refractivity contribution in [3.63, 3.8) is 0 Å². The van der Waals surface area contributed by atoms with E-state index >= 15 is 0 Å². The molecule has 3 rings (SSSR count). The molecular formula is C12H14N6. The second-order valence-corrected chi connectivity index (χ2v) is 4.40. The maximum atomic E-state index is 5.58. The molecule has 0 aromatic carbocycles. The van der Waals surface area contributed by atoms with Crippen LogP contribution < -0.4 is 10.6 Å². The summed E-state index contributed by atoms with van der Waals surface area (Å²) >= 11 is 0. The molecule has 0 radical (unpaired) electrons. The van der Waals surface area contributed by atoms with Crippen molar-refractivity contribution in [2.75, 3.05) is 23.7 Å². The van der Waals surface area contributed by atoms with Gasteiger partial charge in [-0.1, -0.05) is 0 Å². The Labute approximate surface area is 105 Å². The third-order valence-corrected chi connectivity index (χ3v) is 3.08. The number of aromatic nitrogens is 4. The van der Waals surface area contributed by atoms with Crippen LogP contribution in [0, 0.1) is 6.92 Å². The predicted molar refractivity (Wildman–Crippen MR) is 68.2 cm³/mol. The zero-order valence-corrected chi connectivity index (χ0v) is 10.1. The highest BCUT2D eigenvalue weighted by Gasteiger charge is 2.30. The van der Waals surface area contributed by atoms with E-state index in [9.17, 15) is 0 Å². The molecule has 6 heteroatoms. The van der Waals surface area contributed by atoms with Gasteiger partial charge in [0.2, 0.25) is 5.95 Å². The Morgan fingerprint density at radius 1 is 1.17 bits per heavy atom. The SMILES string of the molecule is Cc1nccc(N2CC(c3ccnc(N)n3)C2)n1. The van der Waals surface area contributed by atoms with Crippen LogP contribution in [0.1, 0.15) is 17.4 Å². The van der Waals surface area contributed by atoms with Crippen molar-refractivity contribution in [1.29, 1.82) is 0 Å². The molecule has 1 aliphatic rings. The first-order chi connectivity index (χ1) is 8.72. The van der Waals surface area contributed by atoms with Crippen LogP contribution in [-0.4, -0.2) is 33.0 Å². The molecule has 0 saturated carbocycles. The van der Waals surface area contributed by atoms with Crippen LogP contribution in [0.5, 0.6) is 0 Å². The van der Waals surface area contributed by atoms with Crippen LogP contribution >= 0.6 is 0 Å². The molecule has 2 N–H and O–H groups in total. The fourth-order valence-electron chi connectivity index (χ4n) is 2.09. The van der Waals surface area contributed by atoms with E-state index in [2.05, 4.69) is 24.8 Å². The Bertz CT molecular complexity index is 514. The molecule has 0 aliphatic carbocycles. The van der Waals surface area contributed by atoms with Crippen LogP contribution in [0.4, 0.5) is 11.8 Å². The number of nitrogens with two attached hydrogens (primary N) is 1. The maximum absolute atomic E-state index is 5.58. The average Bonchev–Trinajstić information content (AvgIpc) is 2.27. The molecule has 0 unspecified atom stereocenters. The number of hydrogen-bond acceptors (Lipinski definition) is 6. The molecular weight excluding hydrogens is 228 g/mol. The van der Waals surface area contributed by atoms with Crippen LogP contribution in [0.25, 0.3) is 0 Å². The lowest BCUT2D eigenvalue weighted by molar-refractivity contribution is 0.508. The maximum Gasteiger partial charge on any atom is 0.220 e. The summed E-state index contributed by atoms with van der Waals surface area (Å²) in [6.45, 7) is 3.71. The van der Waals surface area contributed by atoms with Crippen molar-refractivity contribution >= 4 is 11.8 Å². The number of aryl methyl sites for hydroxylation is 1. The third-order valence-electron chi connectivity index (χ3n) is 3.08. The van der Waals surface area contributed by atoms with Crippen molar-refractivity contribution < 1.29 is 0 Å². The first-order valence-electron chi connectivity index (χ1n) is 5.85. The van der Waals surface area contributed by atoms with Gasteiger partial charge in [0, 0.05) is 31.4 Å². The second-order valence-electron chi connectivity index (χ2n) is 4.40. The summed E-state index contributed by atoms with van der Waals surface area (Å²) in [4.78, 5) is 18.8. The minimum Gasteiger partial charge on any atom is -0.368 e. The minimum atomic E-state index is 0.337. The molecule has 0 spiro atoms. The topological polar surface area (TPSA) is 80.8 Å². The van der Waals surface area contributed by atoms with Crippen molar-refractivity contribution in [3.8, 4) is 0 Å². The van der Waals surface area contributed by atoms with E-state index in [1.807, 2.05) is 19.1 Å². The molecule has 1 aliphatic heterocycles. The van der Waals surface area contributed by atoms with E-state index in [-0.39, 0.29) is 0 Å². The Morgan fingerprint density at radius 2 is 1.94 bits per heavy atom. The summed E-state index contributed by atoms with van der Waals surface area (Å²) in [5, 5.41) is 0. The lowest BCUT2D eigenvalue weighted by atomic mass is 9.96.